The third-order valence-electron chi connectivity index (χ3n) is 4.52. The van der Waals surface area contributed by atoms with Gasteiger partial charge in [0.25, 0.3) is 11.5 Å². The standard InChI is InChI=1S/C21H20F2N2O2/c1-12(2)25-13(3)18(16-8-5-9-17(23)19(16)21(25)27)20(26)24-11-14-6-4-7-15(22)10-14/h4-10,12H,11H2,1-3H3,(H,24,26). The number of nitrogens with zero attached hydrogens (tertiary/aromatic N) is 1. The zero-order chi connectivity index (χ0) is 19.7. The predicted octanol–water partition coefficient (Wildman–Crippen LogP) is 4.10. The lowest BCUT2D eigenvalue weighted by Crippen LogP contribution is -2.31. The monoisotopic (exact) mass is 370 g/mol. The van der Waals surface area contributed by atoms with E-state index in [9.17, 15) is 18.4 Å². The Morgan fingerprint density at radius 3 is 2.52 bits per heavy atom. The molecule has 0 aliphatic rings. The van der Waals surface area contributed by atoms with Crippen molar-refractivity contribution in [1.29, 1.82) is 0 Å². The number of nitrogens with one attached hydrogen (secondary N) is 1. The van der Waals surface area contributed by atoms with Gasteiger partial charge in [-0.2, -0.15) is 0 Å². The van der Waals surface area contributed by atoms with E-state index in [1.807, 2.05) is 0 Å². The zero-order valence-corrected chi connectivity index (χ0v) is 15.3. The van der Waals surface area contributed by atoms with Gasteiger partial charge in [-0.1, -0.05) is 24.3 Å². The lowest BCUT2D eigenvalue weighted by atomic mass is 10.0. The second-order valence-corrected chi connectivity index (χ2v) is 6.70. The molecule has 0 saturated carbocycles. The van der Waals surface area contributed by atoms with Crippen LogP contribution in [-0.4, -0.2) is 10.5 Å². The number of rotatable bonds is 4. The van der Waals surface area contributed by atoms with Crippen molar-refractivity contribution in [1.82, 2.24) is 9.88 Å². The molecule has 3 aromatic rings. The summed E-state index contributed by atoms with van der Waals surface area (Å²) in [5.74, 6) is -1.49. The number of carbonyl (C=O) groups excluding carboxylic acids is 1. The number of hydrogen-bond acceptors (Lipinski definition) is 2. The Balaban J connectivity index is 2.11. The summed E-state index contributed by atoms with van der Waals surface area (Å²) >= 11 is 0. The largest absolute Gasteiger partial charge is 0.348 e. The van der Waals surface area contributed by atoms with E-state index in [0.29, 0.717) is 11.3 Å². The highest BCUT2D eigenvalue weighted by Gasteiger charge is 2.22. The van der Waals surface area contributed by atoms with Gasteiger partial charge < -0.3 is 9.88 Å². The van der Waals surface area contributed by atoms with Crippen LogP contribution in [0.4, 0.5) is 8.78 Å². The molecule has 3 rings (SSSR count). The quantitative estimate of drug-likeness (QED) is 0.752. The highest BCUT2D eigenvalue weighted by molar-refractivity contribution is 6.07. The molecule has 0 aliphatic carbocycles. The van der Waals surface area contributed by atoms with Crippen molar-refractivity contribution in [3.8, 4) is 0 Å². The SMILES string of the molecule is Cc1c(C(=O)NCc2cccc(F)c2)c2cccc(F)c2c(=O)n1C(C)C. The van der Waals surface area contributed by atoms with E-state index in [4.69, 9.17) is 0 Å². The first-order valence-corrected chi connectivity index (χ1v) is 8.67. The summed E-state index contributed by atoms with van der Waals surface area (Å²) in [6, 6.07) is 9.92. The molecule has 0 saturated heterocycles. The van der Waals surface area contributed by atoms with E-state index in [1.165, 1.54) is 28.8 Å². The number of hydrogen-bond donors (Lipinski definition) is 1. The van der Waals surface area contributed by atoms with Crippen LogP contribution in [0.2, 0.25) is 0 Å². The Kier molecular flexibility index (Phi) is 5.08. The summed E-state index contributed by atoms with van der Waals surface area (Å²) in [6.07, 6.45) is 0. The summed E-state index contributed by atoms with van der Waals surface area (Å²) in [5.41, 5.74) is 0.852. The third kappa shape index (κ3) is 3.47. The molecule has 1 heterocycles. The Morgan fingerprint density at radius 2 is 1.85 bits per heavy atom. The molecule has 2 aromatic carbocycles. The van der Waals surface area contributed by atoms with Gasteiger partial charge in [0, 0.05) is 23.7 Å². The minimum Gasteiger partial charge on any atom is -0.348 e. The van der Waals surface area contributed by atoms with Gasteiger partial charge in [0.2, 0.25) is 0 Å². The minimum absolute atomic E-state index is 0.104. The maximum atomic E-state index is 14.4. The fourth-order valence-corrected chi connectivity index (χ4v) is 3.36. The summed E-state index contributed by atoms with van der Waals surface area (Å²) < 4.78 is 29.1. The number of carbonyl (C=O) groups is 1. The fraction of sp³-hybridized carbons (Fsp3) is 0.238. The minimum atomic E-state index is -0.661. The van der Waals surface area contributed by atoms with Crippen LogP contribution >= 0.6 is 0 Å². The highest BCUT2D eigenvalue weighted by Crippen LogP contribution is 2.23. The van der Waals surface area contributed by atoms with Gasteiger partial charge in [0.1, 0.15) is 11.6 Å². The van der Waals surface area contributed by atoms with Crippen LogP contribution in [-0.2, 0) is 6.54 Å². The summed E-state index contributed by atoms with van der Waals surface area (Å²) in [7, 11) is 0. The number of fused-ring (bicyclic) bond motifs is 1. The molecule has 1 amide bonds. The highest BCUT2D eigenvalue weighted by atomic mass is 19.1. The first kappa shape index (κ1) is 18.8. The van der Waals surface area contributed by atoms with Gasteiger partial charge in [-0.25, -0.2) is 8.78 Å². The van der Waals surface area contributed by atoms with Crippen LogP contribution in [0.1, 0.15) is 41.5 Å². The predicted molar refractivity (Wildman–Crippen MR) is 101 cm³/mol. The number of halogens is 2. The van der Waals surface area contributed by atoms with Crippen molar-refractivity contribution < 1.29 is 13.6 Å². The molecule has 0 spiro atoms. The number of benzene rings is 2. The third-order valence-corrected chi connectivity index (χ3v) is 4.52. The van der Waals surface area contributed by atoms with Gasteiger partial charge in [-0.15, -0.1) is 0 Å². The lowest BCUT2D eigenvalue weighted by Gasteiger charge is -2.19. The molecule has 0 aliphatic heterocycles. The molecule has 1 aromatic heterocycles. The van der Waals surface area contributed by atoms with Crippen molar-refractivity contribution in [2.24, 2.45) is 0 Å². The van der Waals surface area contributed by atoms with Gasteiger partial charge in [0.15, 0.2) is 0 Å². The molecule has 140 valence electrons. The first-order chi connectivity index (χ1) is 12.8. The van der Waals surface area contributed by atoms with Crippen LogP contribution in [0.5, 0.6) is 0 Å². The Hall–Kier alpha value is -3.02. The van der Waals surface area contributed by atoms with Crippen LogP contribution in [0.15, 0.2) is 47.3 Å². The second-order valence-electron chi connectivity index (χ2n) is 6.70. The maximum Gasteiger partial charge on any atom is 0.261 e. The van der Waals surface area contributed by atoms with Crippen molar-refractivity contribution in [3.05, 3.63) is 81.3 Å². The van der Waals surface area contributed by atoms with Gasteiger partial charge in [-0.3, -0.25) is 9.59 Å². The van der Waals surface area contributed by atoms with Crippen LogP contribution in [0.3, 0.4) is 0 Å². The maximum absolute atomic E-state index is 14.4. The van der Waals surface area contributed by atoms with Crippen LogP contribution in [0.25, 0.3) is 10.8 Å². The van der Waals surface area contributed by atoms with E-state index in [1.54, 1.807) is 39.0 Å². The average molecular weight is 370 g/mol. The molecule has 1 N–H and O–H groups in total. The second kappa shape index (κ2) is 7.31. The summed E-state index contributed by atoms with van der Waals surface area (Å²) in [5, 5.41) is 2.90. The molecule has 0 atom stereocenters. The molecule has 4 nitrogen and oxygen atoms in total. The Labute approximate surface area is 155 Å². The number of aromatic nitrogens is 1. The molecule has 27 heavy (non-hydrogen) atoms. The molecule has 0 unspecified atom stereocenters. The lowest BCUT2D eigenvalue weighted by molar-refractivity contribution is 0.0951. The molecule has 6 heteroatoms. The Bertz CT molecular complexity index is 1090. The summed E-state index contributed by atoms with van der Waals surface area (Å²) in [4.78, 5) is 25.6. The van der Waals surface area contributed by atoms with Gasteiger partial charge >= 0.3 is 0 Å². The molecule has 0 fully saturated rings. The van der Waals surface area contributed by atoms with E-state index in [0.717, 1.165) is 0 Å². The fourth-order valence-electron chi connectivity index (χ4n) is 3.36. The van der Waals surface area contributed by atoms with Crippen molar-refractivity contribution in [2.75, 3.05) is 0 Å². The first-order valence-electron chi connectivity index (χ1n) is 8.67. The smallest absolute Gasteiger partial charge is 0.261 e. The van der Waals surface area contributed by atoms with Crippen LogP contribution in [0, 0.1) is 18.6 Å². The van der Waals surface area contributed by atoms with E-state index in [2.05, 4.69) is 5.32 Å². The van der Waals surface area contributed by atoms with E-state index < -0.39 is 17.3 Å². The molecular formula is C21H20F2N2O2. The molecular weight excluding hydrogens is 350 g/mol. The van der Waals surface area contributed by atoms with Crippen LogP contribution < -0.4 is 10.9 Å². The topological polar surface area (TPSA) is 51.1 Å². The van der Waals surface area contributed by atoms with Gasteiger partial charge in [-0.05, 0) is 44.5 Å². The van der Waals surface area contributed by atoms with Gasteiger partial charge in [0.05, 0.1) is 10.9 Å². The summed E-state index contributed by atoms with van der Waals surface area (Å²) in [6.45, 7) is 5.39. The number of pyridine rings is 1. The van der Waals surface area contributed by atoms with Crippen molar-refractivity contribution in [2.45, 2.75) is 33.4 Å². The van der Waals surface area contributed by atoms with E-state index in [-0.39, 0.29) is 34.7 Å². The molecule has 0 radical (unpaired) electrons. The van der Waals surface area contributed by atoms with Crippen molar-refractivity contribution >= 4 is 16.7 Å². The Morgan fingerprint density at radius 1 is 1.15 bits per heavy atom. The normalized spacial score (nSPS) is 11.2. The molecule has 0 bridgehead atoms. The van der Waals surface area contributed by atoms with E-state index >= 15 is 0 Å². The zero-order valence-electron chi connectivity index (χ0n) is 15.3. The average Bonchev–Trinajstić information content (AvgIpc) is 2.59. The van der Waals surface area contributed by atoms with Crippen molar-refractivity contribution in [3.63, 3.8) is 0 Å². The number of amides is 1.